The third kappa shape index (κ3) is 4.99. The zero-order chi connectivity index (χ0) is 16.5. The van der Waals surface area contributed by atoms with Crippen LogP contribution in [0, 0.1) is 0 Å². The first-order chi connectivity index (χ1) is 11.2. The van der Waals surface area contributed by atoms with Gasteiger partial charge in [0.15, 0.2) is 0 Å². The zero-order valence-corrected chi connectivity index (χ0v) is 13.6. The van der Waals surface area contributed by atoms with Gasteiger partial charge >= 0.3 is 5.97 Å². The molecule has 0 heterocycles. The molecule has 0 fully saturated rings. The topological polar surface area (TPSA) is 35.5 Å². The van der Waals surface area contributed by atoms with Crippen LogP contribution < -0.4 is 4.74 Å². The first kappa shape index (κ1) is 16.8. The second-order valence-electron chi connectivity index (χ2n) is 5.12. The highest BCUT2D eigenvalue weighted by Crippen LogP contribution is 2.26. The molecule has 0 atom stereocenters. The highest BCUT2D eigenvalue weighted by Gasteiger charge is 2.09. The Morgan fingerprint density at radius 3 is 2.57 bits per heavy atom. The third-order valence-electron chi connectivity index (χ3n) is 3.55. The zero-order valence-electron chi connectivity index (χ0n) is 13.6. The highest BCUT2D eigenvalue weighted by atomic mass is 16.5. The lowest BCUT2D eigenvalue weighted by Gasteiger charge is -2.13. The molecule has 23 heavy (non-hydrogen) atoms. The largest absolute Gasteiger partial charge is 0.496 e. The van der Waals surface area contributed by atoms with Crippen LogP contribution in [0.3, 0.4) is 0 Å². The van der Waals surface area contributed by atoms with E-state index in [0.717, 1.165) is 23.3 Å². The molecule has 2 aromatic rings. The maximum Gasteiger partial charge on any atom is 0.330 e. The molecule has 0 saturated heterocycles. The number of benzene rings is 2. The fraction of sp³-hybridized carbons (Fsp3) is 0.250. The molecule has 0 aliphatic heterocycles. The van der Waals surface area contributed by atoms with Gasteiger partial charge in [0.05, 0.1) is 13.7 Å². The van der Waals surface area contributed by atoms with E-state index in [1.54, 1.807) is 14.0 Å². The quantitative estimate of drug-likeness (QED) is 0.574. The van der Waals surface area contributed by atoms with E-state index in [1.807, 2.05) is 36.4 Å². The normalized spacial score (nSPS) is 10.7. The van der Waals surface area contributed by atoms with Gasteiger partial charge in [-0.15, -0.1) is 0 Å². The first-order valence-corrected chi connectivity index (χ1v) is 7.76. The van der Waals surface area contributed by atoms with Crippen LogP contribution >= 0.6 is 0 Å². The van der Waals surface area contributed by atoms with Crippen LogP contribution in [-0.4, -0.2) is 19.7 Å². The number of hydrogen-bond acceptors (Lipinski definition) is 3. The van der Waals surface area contributed by atoms with Crippen molar-refractivity contribution in [2.75, 3.05) is 13.7 Å². The van der Waals surface area contributed by atoms with Crippen molar-refractivity contribution in [3.63, 3.8) is 0 Å². The van der Waals surface area contributed by atoms with Crippen molar-refractivity contribution in [3.05, 3.63) is 77.4 Å². The van der Waals surface area contributed by atoms with E-state index in [4.69, 9.17) is 9.47 Å². The Kier molecular flexibility index (Phi) is 6.42. The summed E-state index contributed by atoms with van der Waals surface area (Å²) in [5.74, 6) is 0.566. The molecule has 0 N–H and O–H groups in total. The number of methoxy groups -OCH3 is 1. The minimum atomic E-state index is -0.306. The second-order valence-corrected chi connectivity index (χ2v) is 5.12. The van der Waals surface area contributed by atoms with Gasteiger partial charge in [-0.2, -0.15) is 0 Å². The number of hydrogen-bond donors (Lipinski definition) is 0. The Labute approximate surface area is 137 Å². The smallest absolute Gasteiger partial charge is 0.330 e. The Morgan fingerprint density at radius 2 is 1.87 bits per heavy atom. The van der Waals surface area contributed by atoms with Gasteiger partial charge in [-0.1, -0.05) is 48.5 Å². The first-order valence-electron chi connectivity index (χ1n) is 7.76. The summed E-state index contributed by atoms with van der Waals surface area (Å²) in [4.78, 5) is 11.4. The Morgan fingerprint density at radius 1 is 1.09 bits per heavy atom. The van der Waals surface area contributed by atoms with Crippen LogP contribution in [-0.2, 0) is 22.4 Å². The van der Waals surface area contributed by atoms with Gasteiger partial charge in [0.2, 0.25) is 0 Å². The lowest BCUT2D eigenvalue weighted by Crippen LogP contribution is -2.01. The Bertz CT molecular complexity index is 660. The Hall–Kier alpha value is -2.55. The van der Waals surface area contributed by atoms with Gasteiger partial charge < -0.3 is 9.47 Å². The molecule has 0 radical (unpaired) electrons. The number of carbonyl (C=O) groups excluding carboxylic acids is 1. The van der Waals surface area contributed by atoms with Crippen LogP contribution in [0.2, 0.25) is 0 Å². The SMILES string of the molecule is CCOC(=O)C=CCc1cccc(OC)c1Cc1ccccc1. The van der Waals surface area contributed by atoms with Crippen molar-refractivity contribution in [2.45, 2.75) is 19.8 Å². The monoisotopic (exact) mass is 310 g/mol. The molecule has 0 aliphatic rings. The summed E-state index contributed by atoms with van der Waals surface area (Å²) >= 11 is 0. The van der Waals surface area contributed by atoms with Gasteiger partial charge in [0.25, 0.3) is 0 Å². The van der Waals surface area contributed by atoms with Crippen molar-refractivity contribution in [1.29, 1.82) is 0 Å². The predicted octanol–water partition coefficient (Wildman–Crippen LogP) is 3.95. The van der Waals surface area contributed by atoms with Crippen LogP contribution in [0.5, 0.6) is 5.75 Å². The molecule has 0 spiro atoms. The molecular weight excluding hydrogens is 288 g/mol. The van der Waals surface area contributed by atoms with Crippen molar-refractivity contribution < 1.29 is 14.3 Å². The summed E-state index contributed by atoms with van der Waals surface area (Å²) in [5, 5.41) is 0. The molecule has 2 rings (SSSR count). The molecule has 120 valence electrons. The summed E-state index contributed by atoms with van der Waals surface area (Å²) in [5.41, 5.74) is 3.52. The van der Waals surface area contributed by atoms with Gasteiger partial charge in [-0.3, -0.25) is 0 Å². The molecule has 0 aliphatic carbocycles. The molecule has 2 aromatic carbocycles. The number of allylic oxidation sites excluding steroid dienone is 1. The van der Waals surface area contributed by atoms with E-state index in [-0.39, 0.29) is 5.97 Å². The molecule has 0 bridgehead atoms. The van der Waals surface area contributed by atoms with Crippen LogP contribution in [0.1, 0.15) is 23.6 Å². The number of carbonyl (C=O) groups is 1. The fourth-order valence-electron chi connectivity index (χ4n) is 2.47. The number of esters is 1. The van der Waals surface area contributed by atoms with Crippen molar-refractivity contribution in [1.82, 2.24) is 0 Å². The third-order valence-corrected chi connectivity index (χ3v) is 3.55. The fourth-order valence-corrected chi connectivity index (χ4v) is 2.47. The molecule has 3 heteroatoms. The molecule has 0 unspecified atom stereocenters. The van der Waals surface area contributed by atoms with Crippen molar-refractivity contribution >= 4 is 5.97 Å². The standard InChI is InChI=1S/C20H22O3/c1-3-23-20(21)14-8-12-17-11-7-13-19(22-2)18(17)15-16-9-5-4-6-10-16/h4-11,13-14H,3,12,15H2,1-2H3. The predicted molar refractivity (Wildman–Crippen MR) is 91.7 cm³/mol. The van der Waals surface area contributed by atoms with Crippen molar-refractivity contribution in [2.24, 2.45) is 0 Å². The highest BCUT2D eigenvalue weighted by molar-refractivity contribution is 5.81. The minimum Gasteiger partial charge on any atom is -0.496 e. The average Bonchev–Trinajstić information content (AvgIpc) is 2.57. The van der Waals surface area contributed by atoms with Gasteiger partial charge in [0.1, 0.15) is 5.75 Å². The number of rotatable bonds is 7. The van der Waals surface area contributed by atoms with Crippen molar-refractivity contribution in [3.8, 4) is 5.75 Å². The summed E-state index contributed by atoms with van der Waals surface area (Å²) in [6.07, 6.45) is 4.78. The van der Waals surface area contributed by atoms with E-state index in [9.17, 15) is 4.79 Å². The molecule has 3 nitrogen and oxygen atoms in total. The summed E-state index contributed by atoms with van der Waals surface area (Å²) < 4.78 is 10.4. The van der Waals surface area contributed by atoms with Crippen LogP contribution in [0.15, 0.2) is 60.7 Å². The lowest BCUT2D eigenvalue weighted by molar-refractivity contribution is -0.137. The molecule has 0 saturated carbocycles. The summed E-state index contributed by atoms with van der Waals surface area (Å²) in [6.45, 7) is 2.19. The van der Waals surface area contributed by atoms with Crippen LogP contribution in [0.25, 0.3) is 0 Å². The van der Waals surface area contributed by atoms with Crippen LogP contribution in [0.4, 0.5) is 0 Å². The van der Waals surface area contributed by atoms with E-state index >= 15 is 0 Å². The van der Waals surface area contributed by atoms with E-state index in [0.29, 0.717) is 13.0 Å². The van der Waals surface area contributed by atoms with E-state index in [1.165, 1.54) is 11.6 Å². The summed E-state index contributed by atoms with van der Waals surface area (Å²) in [7, 11) is 1.68. The average molecular weight is 310 g/mol. The van der Waals surface area contributed by atoms with Gasteiger partial charge in [0, 0.05) is 18.1 Å². The lowest BCUT2D eigenvalue weighted by atomic mass is 9.96. The van der Waals surface area contributed by atoms with Gasteiger partial charge in [-0.25, -0.2) is 4.79 Å². The second kappa shape index (κ2) is 8.79. The minimum absolute atomic E-state index is 0.306. The maximum absolute atomic E-state index is 11.4. The van der Waals surface area contributed by atoms with E-state index in [2.05, 4.69) is 18.2 Å². The molecule has 0 aromatic heterocycles. The number of ether oxygens (including phenoxy) is 2. The Balaban J connectivity index is 2.20. The summed E-state index contributed by atoms with van der Waals surface area (Å²) in [6, 6.07) is 16.3. The molecular formula is C20H22O3. The molecule has 0 amide bonds. The van der Waals surface area contributed by atoms with E-state index < -0.39 is 0 Å². The van der Waals surface area contributed by atoms with Gasteiger partial charge in [-0.05, 0) is 30.5 Å². The maximum atomic E-state index is 11.4.